The third-order valence-electron chi connectivity index (χ3n) is 5.28. The maximum Gasteiger partial charge on any atom is 0.282 e. The molecule has 3 heterocycles. The van der Waals surface area contributed by atoms with E-state index in [9.17, 15) is 19.2 Å². The maximum atomic E-state index is 13.0. The molecule has 0 aliphatic rings. The Morgan fingerprint density at radius 3 is 1.41 bits per heavy atom. The van der Waals surface area contributed by atoms with Crippen LogP contribution in [0.15, 0.2) is 101 Å². The Morgan fingerprint density at radius 1 is 0.588 bits per heavy atom. The van der Waals surface area contributed by atoms with E-state index >= 15 is 0 Å². The molecule has 0 saturated carbocycles. The van der Waals surface area contributed by atoms with E-state index in [2.05, 4.69) is 15.2 Å². The molecule has 2 N–H and O–H groups in total. The standard InChI is InChI=1S/C25H17N5O4/c31-22(18-14-26-29(24(18)33)16-8-3-1-4-9-16)20-12-7-13-21(28-20)23(32)19-15-27-30(25(19)34)17-10-5-2-6-11-17/h1-15,26-27H. The van der Waals surface area contributed by atoms with Crippen molar-refractivity contribution in [1.29, 1.82) is 0 Å². The minimum absolute atomic E-state index is 0.0823. The van der Waals surface area contributed by atoms with Crippen LogP contribution in [0.4, 0.5) is 0 Å². The second-order valence-corrected chi connectivity index (χ2v) is 7.39. The van der Waals surface area contributed by atoms with Crippen molar-refractivity contribution < 1.29 is 9.59 Å². The molecule has 0 atom stereocenters. The van der Waals surface area contributed by atoms with E-state index in [4.69, 9.17) is 0 Å². The van der Waals surface area contributed by atoms with Gasteiger partial charge in [-0.2, -0.15) is 0 Å². The maximum absolute atomic E-state index is 13.0. The van der Waals surface area contributed by atoms with E-state index in [1.807, 2.05) is 12.1 Å². The normalized spacial score (nSPS) is 10.8. The van der Waals surface area contributed by atoms with Crippen molar-refractivity contribution in [2.45, 2.75) is 0 Å². The topological polar surface area (TPSA) is 123 Å². The summed E-state index contributed by atoms with van der Waals surface area (Å²) in [6, 6.07) is 21.9. The number of aromatic amines is 2. The predicted octanol–water partition coefficient (Wildman–Crippen LogP) is 2.50. The minimum Gasteiger partial charge on any atom is -0.297 e. The van der Waals surface area contributed by atoms with Gasteiger partial charge in [0.25, 0.3) is 11.1 Å². The molecular weight excluding hydrogens is 434 g/mol. The summed E-state index contributed by atoms with van der Waals surface area (Å²) in [7, 11) is 0. The first-order chi connectivity index (χ1) is 16.5. The van der Waals surface area contributed by atoms with Gasteiger partial charge in [0.15, 0.2) is 0 Å². The third kappa shape index (κ3) is 3.61. The number of para-hydroxylation sites is 2. The van der Waals surface area contributed by atoms with Crippen LogP contribution in [-0.2, 0) is 0 Å². The van der Waals surface area contributed by atoms with Gasteiger partial charge < -0.3 is 0 Å². The zero-order chi connectivity index (χ0) is 23.7. The summed E-state index contributed by atoms with van der Waals surface area (Å²) in [5.41, 5.74) is -0.321. The monoisotopic (exact) mass is 451 g/mol. The molecular formula is C25H17N5O4. The van der Waals surface area contributed by atoms with Gasteiger partial charge >= 0.3 is 0 Å². The van der Waals surface area contributed by atoms with Gasteiger partial charge in [-0.15, -0.1) is 0 Å². The van der Waals surface area contributed by atoms with Gasteiger partial charge in [0.1, 0.15) is 22.5 Å². The molecule has 0 fully saturated rings. The molecule has 0 aliphatic carbocycles. The number of rotatable bonds is 6. The van der Waals surface area contributed by atoms with Crippen molar-refractivity contribution in [2.24, 2.45) is 0 Å². The molecule has 5 aromatic rings. The Morgan fingerprint density at radius 2 is 1.00 bits per heavy atom. The van der Waals surface area contributed by atoms with Crippen LogP contribution in [0.1, 0.15) is 32.1 Å². The van der Waals surface area contributed by atoms with Gasteiger partial charge in [-0.25, -0.2) is 14.3 Å². The van der Waals surface area contributed by atoms with E-state index in [1.165, 1.54) is 40.0 Å². The van der Waals surface area contributed by atoms with Crippen molar-refractivity contribution in [1.82, 2.24) is 24.5 Å². The molecule has 0 aliphatic heterocycles. The molecule has 0 radical (unpaired) electrons. The summed E-state index contributed by atoms with van der Waals surface area (Å²) < 4.78 is 2.49. The number of hydrogen-bond donors (Lipinski definition) is 2. The van der Waals surface area contributed by atoms with Crippen LogP contribution in [0.2, 0.25) is 0 Å². The highest BCUT2D eigenvalue weighted by Gasteiger charge is 2.22. The molecule has 2 aromatic carbocycles. The lowest BCUT2D eigenvalue weighted by molar-refractivity contribution is 0.103. The Hall–Kier alpha value is -5.05. The highest BCUT2D eigenvalue weighted by molar-refractivity contribution is 6.10. The lowest BCUT2D eigenvalue weighted by Crippen LogP contribution is -2.22. The molecule has 5 rings (SSSR count). The lowest BCUT2D eigenvalue weighted by Gasteiger charge is -2.02. The zero-order valence-electron chi connectivity index (χ0n) is 17.6. The molecule has 34 heavy (non-hydrogen) atoms. The van der Waals surface area contributed by atoms with Gasteiger partial charge in [-0.1, -0.05) is 42.5 Å². The number of carbonyl (C=O) groups is 2. The van der Waals surface area contributed by atoms with Crippen LogP contribution in [0.25, 0.3) is 11.4 Å². The average Bonchev–Trinajstić information content (AvgIpc) is 3.46. The first kappa shape index (κ1) is 20.8. The Bertz CT molecular complexity index is 1510. The Kier molecular flexibility index (Phi) is 5.19. The number of aromatic nitrogens is 5. The molecule has 166 valence electrons. The molecule has 9 heteroatoms. The van der Waals surface area contributed by atoms with Crippen molar-refractivity contribution >= 4 is 11.6 Å². The fourth-order valence-corrected chi connectivity index (χ4v) is 3.57. The summed E-state index contributed by atoms with van der Waals surface area (Å²) in [4.78, 5) is 55.7. The van der Waals surface area contributed by atoms with E-state index < -0.39 is 22.7 Å². The Labute approximate surface area is 191 Å². The largest absolute Gasteiger partial charge is 0.297 e. The molecule has 0 spiro atoms. The molecule has 0 amide bonds. The SMILES string of the molecule is O=C(c1cccc(C(=O)c2c[nH]n(-c3ccccc3)c2=O)n1)c1c[nH]n(-c2ccccc2)c1=O. The van der Waals surface area contributed by atoms with Crippen molar-refractivity contribution in [3.63, 3.8) is 0 Å². The van der Waals surface area contributed by atoms with Crippen molar-refractivity contribution in [3.8, 4) is 11.4 Å². The summed E-state index contributed by atoms with van der Waals surface area (Å²) >= 11 is 0. The summed E-state index contributed by atoms with van der Waals surface area (Å²) in [5, 5.41) is 5.54. The first-order valence-electron chi connectivity index (χ1n) is 10.3. The highest BCUT2D eigenvalue weighted by Crippen LogP contribution is 2.11. The van der Waals surface area contributed by atoms with Crippen LogP contribution in [0.3, 0.4) is 0 Å². The number of carbonyl (C=O) groups excluding carboxylic acids is 2. The number of nitrogens with one attached hydrogen (secondary N) is 2. The van der Waals surface area contributed by atoms with Gasteiger partial charge in [0.2, 0.25) is 11.6 Å². The minimum atomic E-state index is -0.638. The summed E-state index contributed by atoms with van der Waals surface area (Å²) in [6.45, 7) is 0. The fraction of sp³-hybridized carbons (Fsp3) is 0. The third-order valence-corrected chi connectivity index (χ3v) is 5.28. The quantitative estimate of drug-likeness (QED) is 0.384. The summed E-state index contributed by atoms with van der Waals surface area (Å²) in [5.74, 6) is -1.28. The van der Waals surface area contributed by atoms with E-state index in [0.717, 1.165) is 0 Å². The second-order valence-electron chi connectivity index (χ2n) is 7.39. The number of H-pyrrole nitrogens is 2. The van der Waals surface area contributed by atoms with Crippen LogP contribution in [0, 0.1) is 0 Å². The zero-order valence-corrected chi connectivity index (χ0v) is 17.6. The van der Waals surface area contributed by atoms with Crippen molar-refractivity contribution in [2.75, 3.05) is 0 Å². The molecule has 3 aromatic heterocycles. The van der Waals surface area contributed by atoms with Crippen LogP contribution in [0.5, 0.6) is 0 Å². The number of ketones is 2. The van der Waals surface area contributed by atoms with E-state index in [1.54, 1.807) is 48.5 Å². The second kappa shape index (κ2) is 8.47. The van der Waals surface area contributed by atoms with Gasteiger partial charge in [0, 0.05) is 12.4 Å². The molecule has 0 saturated heterocycles. The molecule has 0 bridgehead atoms. The number of hydrogen-bond acceptors (Lipinski definition) is 5. The molecule has 0 unspecified atom stereocenters. The van der Waals surface area contributed by atoms with Crippen LogP contribution in [-0.4, -0.2) is 36.1 Å². The number of pyridine rings is 1. The van der Waals surface area contributed by atoms with Gasteiger partial charge in [-0.3, -0.25) is 29.4 Å². The van der Waals surface area contributed by atoms with E-state index in [-0.39, 0.29) is 22.5 Å². The van der Waals surface area contributed by atoms with Gasteiger partial charge in [0.05, 0.1) is 11.4 Å². The Balaban J connectivity index is 1.46. The lowest BCUT2D eigenvalue weighted by atomic mass is 10.1. The molecule has 9 nitrogen and oxygen atoms in total. The van der Waals surface area contributed by atoms with Crippen LogP contribution < -0.4 is 11.1 Å². The fourth-order valence-electron chi connectivity index (χ4n) is 3.57. The first-order valence-corrected chi connectivity index (χ1v) is 10.3. The van der Waals surface area contributed by atoms with E-state index in [0.29, 0.717) is 11.4 Å². The number of benzene rings is 2. The van der Waals surface area contributed by atoms with Crippen LogP contribution >= 0.6 is 0 Å². The number of nitrogens with zero attached hydrogens (tertiary/aromatic N) is 3. The predicted molar refractivity (Wildman–Crippen MR) is 124 cm³/mol. The van der Waals surface area contributed by atoms with Gasteiger partial charge in [-0.05, 0) is 36.4 Å². The highest BCUT2D eigenvalue weighted by atomic mass is 16.2. The smallest absolute Gasteiger partial charge is 0.282 e. The van der Waals surface area contributed by atoms with Crippen molar-refractivity contribution in [3.05, 3.63) is 134 Å². The average molecular weight is 451 g/mol. The summed E-state index contributed by atoms with van der Waals surface area (Å²) in [6.07, 6.45) is 2.61.